The van der Waals surface area contributed by atoms with E-state index in [2.05, 4.69) is 34.1 Å². The fourth-order valence-electron chi connectivity index (χ4n) is 2.08. The second-order valence-electron chi connectivity index (χ2n) is 4.40. The van der Waals surface area contributed by atoms with E-state index in [1.54, 1.807) is 0 Å². The van der Waals surface area contributed by atoms with Gasteiger partial charge in [-0.05, 0) is 37.6 Å². The van der Waals surface area contributed by atoms with Gasteiger partial charge in [0.2, 0.25) is 0 Å². The van der Waals surface area contributed by atoms with Crippen molar-refractivity contribution in [3.63, 3.8) is 0 Å². The number of fused-ring (bicyclic) bond motifs is 1. The molecule has 0 radical (unpaired) electrons. The molecular weight excluding hydrogens is 212 g/mol. The number of aryl methyl sites for hydroxylation is 3. The Hall–Kier alpha value is -2.10. The molecule has 0 saturated carbocycles. The van der Waals surface area contributed by atoms with Gasteiger partial charge in [-0.15, -0.1) is 0 Å². The van der Waals surface area contributed by atoms with Crippen LogP contribution in [0.5, 0.6) is 0 Å². The summed E-state index contributed by atoms with van der Waals surface area (Å²) in [5.74, 6) is 0.869. The molecule has 0 spiro atoms. The van der Waals surface area contributed by atoms with Crippen molar-refractivity contribution in [2.45, 2.75) is 13.8 Å². The van der Waals surface area contributed by atoms with Crippen LogP contribution in [-0.4, -0.2) is 19.7 Å². The van der Waals surface area contributed by atoms with Gasteiger partial charge in [-0.2, -0.15) is 5.10 Å². The first-order valence-electron chi connectivity index (χ1n) is 5.61. The van der Waals surface area contributed by atoms with Gasteiger partial charge < -0.3 is 4.98 Å². The number of rotatable bonds is 1. The summed E-state index contributed by atoms with van der Waals surface area (Å²) in [7, 11) is 1.93. The fourth-order valence-corrected chi connectivity index (χ4v) is 2.08. The molecule has 0 atom stereocenters. The number of imidazole rings is 1. The van der Waals surface area contributed by atoms with Gasteiger partial charge in [0.05, 0.1) is 16.7 Å². The molecule has 0 fully saturated rings. The molecule has 0 aliphatic heterocycles. The van der Waals surface area contributed by atoms with Crippen LogP contribution in [0.3, 0.4) is 0 Å². The molecule has 0 saturated heterocycles. The highest BCUT2D eigenvalue weighted by Crippen LogP contribution is 2.21. The normalized spacial score (nSPS) is 11.2. The maximum atomic E-state index is 4.58. The summed E-state index contributed by atoms with van der Waals surface area (Å²) >= 11 is 0. The molecule has 4 heteroatoms. The number of hydrogen-bond acceptors (Lipinski definition) is 2. The van der Waals surface area contributed by atoms with Gasteiger partial charge in [-0.1, -0.05) is 6.07 Å². The zero-order chi connectivity index (χ0) is 12.0. The SMILES string of the molecule is Cc1ccc2nc(-c3cc(C)nn3C)[nH]c2c1. The van der Waals surface area contributed by atoms with E-state index in [1.807, 2.05) is 30.8 Å². The molecular formula is C13H14N4. The van der Waals surface area contributed by atoms with Crippen LogP contribution in [0, 0.1) is 13.8 Å². The number of benzene rings is 1. The van der Waals surface area contributed by atoms with Gasteiger partial charge in [0.1, 0.15) is 5.69 Å². The van der Waals surface area contributed by atoms with Gasteiger partial charge in [-0.25, -0.2) is 4.98 Å². The van der Waals surface area contributed by atoms with Gasteiger partial charge >= 0.3 is 0 Å². The van der Waals surface area contributed by atoms with Crippen LogP contribution in [0.4, 0.5) is 0 Å². The Kier molecular flexibility index (Phi) is 2.04. The summed E-state index contributed by atoms with van der Waals surface area (Å²) in [6, 6.07) is 8.25. The average Bonchev–Trinajstić information content (AvgIpc) is 2.80. The van der Waals surface area contributed by atoms with E-state index in [4.69, 9.17) is 0 Å². The molecule has 3 aromatic rings. The van der Waals surface area contributed by atoms with Crippen molar-refractivity contribution in [1.29, 1.82) is 0 Å². The van der Waals surface area contributed by atoms with E-state index in [1.165, 1.54) is 5.56 Å². The van der Waals surface area contributed by atoms with Crippen molar-refractivity contribution in [3.05, 3.63) is 35.5 Å². The van der Waals surface area contributed by atoms with E-state index in [0.717, 1.165) is 28.2 Å². The molecule has 0 amide bonds. The summed E-state index contributed by atoms with van der Waals surface area (Å²) in [5, 5.41) is 4.33. The lowest BCUT2D eigenvalue weighted by molar-refractivity contribution is 0.760. The number of nitrogens with zero attached hydrogens (tertiary/aromatic N) is 3. The Morgan fingerprint density at radius 1 is 1.18 bits per heavy atom. The van der Waals surface area contributed by atoms with Crippen molar-refractivity contribution in [2.75, 3.05) is 0 Å². The number of hydrogen-bond donors (Lipinski definition) is 1. The molecule has 0 bridgehead atoms. The molecule has 86 valence electrons. The lowest BCUT2D eigenvalue weighted by atomic mass is 10.2. The van der Waals surface area contributed by atoms with Crippen LogP contribution in [0.1, 0.15) is 11.3 Å². The zero-order valence-electron chi connectivity index (χ0n) is 10.2. The minimum atomic E-state index is 0.869. The van der Waals surface area contributed by atoms with E-state index in [9.17, 15) is 0 Å². The molecule has 2 aromatic heterocycles. The second kappa shape index (κ2) is 3.45. The highest BCUT2D eigenvalue weighted by Gasteiger charge is 2.09. The molecule has 2 heterocycles. The molecule has 4 nitrogen and oxygen atoms in total. The van der Waals surface area contributed by atoms with Crippen LogP contribution in [0.15, 0.2) is 24.3 Å². The van der Waals surface area contributed by atoms with Gasteiger partial charge in [-0.3, -0.25) is 4.68 Å². The topological polar surface area (TPSA) is 46.5 Å². The first-order valence-corrected chi connectivity index (χ1v) is 5.61. The smallest absolute Gasteiger partial charge is 0.156 e. The molecule has 1 aromatic carbocycles. The van der Waals surface area contributed by atoms with E-state index in [-0.39, 0.29) is 0 Å². The summed E-state index contributed by atoms with van der Waals surface area (Å²) in [5.41, 5.74) is 5.30. The molecule has 0 unspecified atom stereocenters. The number of nitrogens with one attached hydrogen (secondary N) is 1. The Morgan fingerprint density at radius 3 is 2.71 bits per heavy atom. The first-order chi connectivity index (χ1) is 8.13. The summed E-state index contributed by atoms with van der Waals surface area (Å²) in [6.45, 7) is 4.06. The van der Waals surface area contributed by atoms with Crippen LogP contribution in [-0.2, 0) is 7.05 Å². The Morgan fingerprint density at radius 2 is 2.00 bits per heavy atom. The molecule has 17 heavy (non-hydrogen) atoms. The average molecular weight is 226 g/mol. The summed E-state index contributed by atoms with van der Waals surface area (Å²) in [6.07, 6.45) is 0. The zero-order valence-corrected chi connectivity index (χ0v) is 10.2. The van der Waals surface area contributed by atoms with Crippen molar-refractivity contribution >= 4 is 11.0 Å². The second-order valence-corrected chi connectivity index (χ2v) is 4.40. The first kappa shape index (κ1) is 10.1. The Bertz CT molecular complexity index is 691. The van der Waals surface area contributed by atoms with Gasteiger partial charge in [0.15, 0.2) is 5.82 Å². The van der Waals surface area contributed by atoms with Crippen molar-refractivity contribution in [2.24, 2.45) is 7.05 Å². The Balaban J connectivity index is 2.21. The van der Waals surface area contributed by atoms with Crippen LogP contribution in [0.25, 0.3) is 22.6 Å². The molecule has 1 N–H and O–H groups in total. The monoisotopic (exact) mass is 226 g/mol. The highest BCUT2D eigenvalue weighted by atomic mass is 15.3. The molecule has 0 aliphatic rings. The van der Waals surface area contributed by atoms with Gasteiger partial charge in [0.25, 0.3) is 0 Å². The van der Waals surface area contributed by atoms with Crippen molar-refractivity contribution in [1.82, 2.24) is 19.7 Å². The standard InChI is InChI=1S/C13H14N4/c1-8-4-5-10-11(6-8)15-13(14-10)12-7-9(2)16-17(12)3/h4-7H,1-3H3,(H,14,15). The number of aromatic nitrogens is 4. The lowest BCUT2D eigenvalue weighted by Gasteiger charge is -1.95. The quantitative estimate of drug-likeness (QED) is 0.693. The van der Waals surface area contributed by atoms with E-state index in [0.29, 0.717) is 0 Å². The maximum absolute atomic E-state index is 4.58. The van der Waals surface area contributed by atoms with Crippen LogP contribution >= 0.6 is 0 Å². The number of H-pyrrole nitrogens is 1. The number of aromatic amines is 1. The van der Waals surface area contributed by atoms with Crippen LogP contribution in [0.2, 0.25) is 0 Å². The lowest BCUT2D eigenvalue weighted by Crippen LogP contribution is -1.94. The maximum Gasteiger partial charge on any atom is 0.156 e. The van der Waals surface area contributed by atoms with E-state index >= 15 is 0 Å². The minimum Gasteiger partial charge on any atom is -0.337 e. The third-order valence-corrected chi connectivity index (χ3v) is 2.88. The third-order valence-electron chi connectivity index (χ3n) is 2.88. The van der Waals surface area contributed by atoms with Gasteiger partial charge in [0, 0.05) is 7.05 Å². The van der Waals surface area contributed by atoms with E-state index < -0.39 is 0 Å². The predicted octanol–water partition coefficient (Wildman–Crippen LogP) is 2.58. The van der Waals surface area contributed by atoms with Crippen molar-refractivity contribution in [3.8, 4) is 11.5 Å². The molecule has 3 rings (SSSR count). The Labute approximate surface area is 99.3 Å². The summed E-state index contributed by atoms with van der Waals surface area (Å²) < 4.78 is 1.85. The summed E-state index contributed by atoms with van der Waals surface area (Å²) in [4.78, 5) is 7.92. The van der Waals surface area contributed by atoms with Crippen molar-refractivity contribution < 1.29 is 0 Å². The third kappa shape index (κ3) is 1.62. The highest BCUT2D eigenvalue weighted by molar-refractivity contribution is 5.79. The largest absolute Gasteiger partial charge is 0.337 e. The fraction of sp³-hybridized carbons (Fsp3) is 0.231. The predicted molar refractivity (Wildman–Crippen MR) is 67.8 cm³/mol. The van der Waals surface area contributed by atoms with Crippen LogP contribution < -0.4 is 0 Å². The minimum absolute atomic E-state index is 0.869. The molecule has 0 aliphatic carbocycles.